The van der Waals surface area contributed by atoms with Crippen molar-refractivity contribution in [2.45, 2.75) is 89.8 Å². The zero-order chi connectivity index (χ0) is 26.4. The first-order chi connectivity index (χ1) is 18.4. The topological polar surface area (TPSA) is 86.5 Å². The number of hydrogen-bond donors (Lipinski definition) is 0. The molecule has 0 spiro atoms. The van der Waals surface area contributed by atoms with Crippen molar-refractivity contribution in [3.05, 3.63) is 47.4 Å². The van der Waals surface area contributed by atoms with Gasteiger partial charge in [0.2, 0.25) is 5.88 Å². The molecule has 6 rings (SSSR count). The highest BCUT2D eigenvalue weighted by molar-refractivity contribution is 5.95. The van der Waals surface area contributed by atoms with E-state index < -0.39 is 0 Å². The zero-order valence-corrected chi connectivity index (χ0v) is 22.5. The van der Waals surface area contributed by atoms with E-state index >= 15 is 0 Å². The Morgan fingerprint density at radius 1 is 1.05 bits per heavy atom. The Kier molecular flexibility index (Phi) is 6.58. The number of imidazole rings is 1. The van der Waals surface area contributed by atoms with E-state index in [1.807, 2.05) is 24.3 Å². The molecule has 1 aliphatic heterocycles. The van der Waals surface area contributed by atoms with E-state index in [1.54, 1.807) is 11.8 Å². The number of carbonyl (C=O) groups is 2. The van der Waals surface area contributed by atoms with Gasteiger partial charge in [-0.05, 0) is 77.0 Å². The maximum absolute atomic E-state index is 12.7. The van der Waals surface area contributed by atoms with Crippen molar-refractivity contribution in [3.8, 4) is 5.88 Å². The average molecular weight is 517 g/mol. The molecule has 1 amide bonds. The van der Waals surface area contributed by atoms with Crippen molar-refractivity contribution in [2.24, 2.45) is 5.92 Å². The monoisotopic (exact) mass is 516 g/mol. The molecule has 2 aliphatic carbocycles. The molecular formula is C30H36N4O4. The van der Waals surface area contributed by atoms with E-state index in [2.05, 4.69) is 17.6 Å². The number of aromatic nitrogens is 3. The highest BCUT2D eigenvalue weighted by Gasteiger charge is 2.34. The summed E-state index contributed by atoms with van der Waals surface area (Å²) in [5.41, 5.74) is 4.88. The first-order valence-corrected chi connectivity index (χ1v) is 14.0. The molecule has 0 N–H and O–H groups in total. The molecule has 200 valence electrons. The minimum atomic E-state index is -0.342. The van der Waals surface area contributed by atoms with Crippen LogP contribution in [-0.2, 0) is 22.4 Å². The van der Waals surface area contributed by atoms with Crippen molar-refractivity contribution in [2.75, 3.05) is 12.0 Å². The van der Waals surface area contributed by atoms with Crippen molar-refractivity contribution in [1.29, 1.82) is 0 Å². The molecule has 38 heavy (non-hydrogen) atoms. The van der Waals surface area contributed by atoms with Crippen molar-refractivity contribution >= 4 is 28.6 Å². The number of amides is 1. The van der Waals surface area contributed by atoms with Gasteiger partial charge in [0, 0.05) is 36.1 Å². The van der Waals surface area contributed by atoms with Crippen LogP contribution in [0.3, 0.4) is 0 Å². The number of benzene rings is 1. The van der Waals surface area contributed by atoms with Crippen molar-refractivity contribution in [3.63, 3.8) is 0 Å². The Morgan fingerprint density at radius 2 is 1.89 bits per heavy atom. The highest BCUT2D eigenvalue weighted by Crippen LogP contribution is 2.41. The maximum atomic E-state index is 12.7. The van der Waals surface area contributed by atoms with E-state index in [0.717, 1.165) is 85.2 Å². The first kappa shape index (κ1) is 24.9. The lowest BCUT2D eigenvalue weighted by atomic mass is 9.83. The van der Waals surface area contributed by atoms with Crippen LogP contribution in [0.15, 0.2) is 30.3 Å². The largest absolute Gasteiger partial charge is 0.474 e. The fourth-order valence-electron chi connectivity index (χ4n) is 6.26. The number of pyridine rings is 1. The lowest BCUT2D eigenvalue weighted by Gasteiger charge is -2.34. The Morgan fingerprint density at radius 3 is 2.66 bits per heavy atom. The number of fused-ring (bicyclic) bond motifs is 3. The summed E-state index contributed by atoms with van der Waals surface area (Å²) in [6.45, 7) is 3.77. The molecule has 3 heterocycles. The summed E-state index contributed by atoms with van der Waals surface area (Å²) in [5.74, 6) is 1.97. The Bertz CT molecular complexity index is 1380. The quantitative estimate of drug-likeness (QED) is 0.412. The van der Waals surface area contributed by atoms with Gasteiger partial charge in [-0.15, -0.1) is 0 Å². The van der Waals surface area contributed by atoms with Gasteiger partial charge >= 0.3 is 6.09 Å². The second-order valence-corrected chi connectivity index (χ2v) is 11.1. The summed E-state index contributed by atoms with van der Waals surface area (Å²) in [7, 11) is 1.43. The Hall–Kier alpha value is -3.42. The van der Waals surface area contributed by atoms with Crippen LogP contribution in [0.2, 0.25) is 0 Å². The van der Waals surface area contributed by atoms with Crippen molar-refractivity contribution in [1.82, 2.24) is 14.5 Å². The maximum Gasteiger partial charge on any atom is 0.414 e. The van der Waals surface area contributed by atoms with Gasteiger partial charge in [-0.25, -0.2) is 14.8 Å². The number of ether oxygens (including phenoxy) is 2. The highest BCUT2D eigenvalue weighted by atomic mass is 16.5. The van der Waals surface area contributed by atoms with Gasteiger partial charge in [-0.1, -0.05) is 12.5 Å². The number of ketones is 1. The smallest absolute Gasteiger partial charge is 0.414 e. The molecule has 2 saturated carbocycles. The van der Waals surface area contributed by atoms with Crippen LogP contribution in [-0.4, -0.2) is 45.7 Å². The van der Waals surface area contributed by atoms with Crippen LogP contribution in [0.5, 0.6) is 5.88 Å². The van der Waals surface area contributed by atoms with E-state index in [1.165, 1.54) is 7.11 Å². The average Bonchev–Trinajstić information content (AvgIpc) is 3.65. The number of hydrogen-bond acceptors (Lipinski definition) is 6. The summed E-state index contributed by atoms with van der Waals surface area (Å²) in [4.78, 5) is 36.8. The molecule has 3 aliphatic rings. The molecule has 0 bridgehead atoms. The van der Waals surface area contributed by atoms with Gasteiger partial charge in [-0.2, -0.15) is 0 Å². The van der Waals surface area contributed by atoms with E-state index in [-0.39, 0.29) is 29.9 Å². The van der Waals surface area contributed by atoms with Crippen LogP contribution in [0.4, 0.5) is 10.5 Å². The van der Waals surface area contributed by atoms with Crippen LogP contribution in [0.25, 0.3) is 11.0 Å². The molecule has 2 aromatic heterocycles. The third kappa shape index (κ3) is 4.65. The third-order valence-electron chi connectivity index (χ3n) is 8.42. The third-order valence-corrected chi connectivity index (χ3v) is 8.42. The van der Waals surface area contributed by atoms with Crippen molar-refractivity contribution < 1.29 is 19.1 Å². The summed E-state index contributed by atoms with van der Waals surface area (Å²) in [6, 6.07) is 10.3. The number of Topliss-reactive ketones (excluding diaryl/α,β-unsaturated/α-hetero) is 1. The normalized spacial score (nSPS) is 23.2. The second kappa shape index (κ2) is 10.0. The SMILES string of the molecule is COC(=O)N1c2ccc3c(nc(Cc4cccc(OC5CC5)n4)n3[C@@H]3CCC[C@@H](C(C)=O)C3)c2CC[C@@H]1C. The van der Waals surface area contributed by atoms with Gasteiger partial charge in [0.15, 0.2) is 0 Å². The number of methoxy groups -OCH3 is 1. The molecule has 0 saturated heterocycles. The minimum absolute atomic E-state index is 0.0574. The van der Waals surface area contributed by atoms with Gasteiger partial charge in [0.1, 0.15) is 17.7 Å². The van der Waals surface area contributed by atoms with Crippen LogP contribution in [0, 0.1) is 5.92 Å². The van der Waals surface area contributed by atoms with E-state index in [4.69, 9.17) is 19.4 Å². The summed E-state index contributed by atoms with van der Waals surface area (Å²) in [5, 5.41) is 0. The molecule has 3 aromatic rings. The van der Waals surface area contributed by atoms with Gasteiger partial charge in [-0.3, -0.25) is 9.69 Å². The Labute approximate surface area is 223 Å². The van der Waals surface area contributed by atoms with Gasteiger partial charge < -0.3 is 14.0 Å². The fourth-order valence-corrected chi connectivity index (χ4v) is 6.26. The molecule has 3 atom stereocenters. The summed E-state index contributed by atoms with van der Waals surface area (Å²) < 4.78 is 13.4. The summed E-state index contributed by atoms with van der Waals surface area (Å²) in [6.07, 6.45) is 8.22. The first-order valence-electron chi connectivity index (χ1n) is 14.0. The molecule has 0 radical (unpaired) electrons. The number of carbonyl (C=O) groups excluding carboxylic acids is 2. The number of nitrogens with zero attached hydrogens (tertiary/aromatic N) is 4. The standard InChI is InChI=1S/C30H36N4O4/c1-18-10-13-24-25(33(18)30(36)37-3)14-15-26-29(24)32-27(34(26)22-8-4-6-20(16-22)19(2)35)17-21-7-5-9-28(31-21)38-23-11-12-23/h5,7,9,14-15,18,20,22-23H,4,6,8,10-13,16-17H2,1-3H3/t18-,20+,22+/m0/s1. The predicted octanol–water partition coefficient (Wildman–Crippen LogP) is 5.79. The minimum Gasteiger partial charge on any atom is -0.474 e. The number of rotatable bonds is 6. The number of aryl methyl sites for hydroxylation is 1. The van der Waals surface area contributed by atoms with Crippen LogP contribution < -0.4 is 9.64 Å². The van der Waals surface area contributed by atoms with Crippen LogP contribution in [0.1, 0.15) is 81.9 Å². The molecule has 8 heteroatoms. The van der Waals surface area contributed by atoms with Gasteiger partial charge in [0.25, 0.3) is 0 Å². The molecule has 1 aromatic carbocycles. The second-order valence-electron chi connectivity index (χ2n) is 11.1. The number of anilines is 1. The van der Waals surface area contributed by atoms with E-state index in [0.29, 0.717) is 18.4 Å². The Balaban J connectivity index is 1.45. The van der Waals surface area contributed by atoms with E-state index in [9.17, 15) is 9.59 Å². The summed E-state index contributed by atoms with van der Waals surface area (Å²) >= 11 is 0. The fraction of sp³-hybridized carbons (Fsp3) is 0.533. The zero-order valence-electron chi connectivity index (χ0n) is 22.5. The molecule has 8 nitrogen and oxygen atoms in total. The lowest BCUT2D eigenvalue weighted by molar-refractivity contribution is -0.122. The predicted molar refractivity (Wildman–Crippen MR) is 145 cm³/mol. The molecule has 2 fully saturated rings. The lowest BCUT2D eigenvalue weighted by Crippen LogP contribution is -2.42. The van der Waals surface area contributed by atoms with Gasteiger partial charge in [0.05, 0.1) is 29.5 Å². The van der Waals surface area contributed by atoms with Crippen LogP contribution >= 0.6 is 0 Å². The molecular weight excluding hydrogens is 480 g/mol. The molecule has 0 unspecified atom stereocenters.